The Bertz CT molecular complexity index is 567. The van der Waals surface area contributed by atoms with E-state index < -0.39 is 5.92 Å². The monoisotopic (exact) mass is 308 g/mol. The molecule has 1 fully saturated rings. The second kappa shape index (κ2) is 6.37. The maximum atomic E-state index is 13.0. The topological polar surface area (TPSA) is 105 Å². The highest BCUT2D eigenvalue weighted by Crippen LogP contribution is 2.32. The zero-order valence-corrected chi connectivity index (χ0v) is 13.5. The number of hydrogen-bond acceptors (Lipinski definition) is 5. The van der Waals surface area contributed by atoms with Crippen LogP contribution in [0.1, 0.15) is 44.6 Å². The number of nitrogens with two attached hydrogens (primary N) is 1. The number of aryl methyl sites for hydroxylation is 1. The smallest absolute Gasteiger partial charge is 0.234 e. The number of rotatable bonds is 4. The van der Waals surface area contributed by atoms with Gasteiger partial charge in [0.25, 0.3) is 0 Å². The molecule has 1 amide bonds. The van der Waals surface area contributed by atoms with Crippen molar-refractivity contribution in [2.75, 3.05) is 6.54 Å². The minimum Gasteiger partial charge on any atom is -0.409 e. The summed E-state index contributed by atoms with van der Waals surface area (Å²) in [6.07, 6.45) is 0.696. The van der Waals surface area contributed by atoms with Crippen LogP contribution in [0.3, 0.4) is 0 Å². The van der Waals surface area contributed by atoms with E-state index in [0.717, 1.165) is 5.69 Å². The molecule has 1 aromatic rings. The van der Waals surface area contributed by atoms with Gasteiger partial charge in [-0.2, -0.15) is 0 Å². The van der Waals surface area contributed by atoms with E-state index >= 15 is 0 Å². The molecule has 0 aromatic carbocycles. The minimum absolute atomic E-state index is 0.0590. The number of oxime groups is 1. The summed E-state index contributed by atoms with van der Waals surface area (Å²) in [5.74, 6) is 0.527. The number of amides is 1. The Morgan fingerprint density at radius 1 is 1.59 bits per heavy atom. The van der Waals surface area contributed by atoms with Gasteiger partial charge < -0.3 is 20.4 Å². The van der Waals surface area contributed by atoms with Crippen molar-refractivity contribution >= 4 is 11.7 Å². The standard InChI is InChI=1S/C15H24N4O3/c1-8(2)13(12-6-10(4)18-22-12)15(20)19-7-9(3)5-11(19)14(16)17-21/h6,8-9,11,13,21H,5,7H2,1-4H3,(H2,16,17)/t9-,11+,13?/m1/s1. The van der Waals surface area contributed by atoms with Crippen LogP contribution in [0.2, 0.25) is 0 Å². The Balaban J connectivity index is 2.30. The van der Waals surface area contributed by atoms with Crippen molar-refractivity contribution < 1.29 is 14.5 Å². The molecule has 0 radical (unpaired) electrons. The molecule has 3 atom stereocenters. The molecular formula is C15H24N4O3. The highest BCUT2D eigenvalue weighted by Gasteiger charge is 2.41. The van der Waals surface area contributed by atoms with E-state index in [9.17, 15) is 4.79 Å². The molecular weight excluding hydrogens is 284 g/mol. The first-order valence-corrected chi connectivity index (χ1v) is 7.56. The maximum Gasteiger partial charge on any atom is 0.234 e. The van der Waals surface area contributed by atoms with Crippen molar-refractivity contribution in [2.24, 2.45) is 22.7 Å². The third-order valence-corrected chi connectivity index (χ3v) is 4.14. The molecule has 3 N–H and O–H groups in total. The SMILES string of the molecule is Cc1cc(C(C(=O)N2C[C@H](C)C[C@H]2/C(N)=N/O)C(C)C)on1. The van der Waals surface area contributed by atoms with Crippen LogP contribution in [0.4, 0.5) is 0 Å². The summed E-state index contributed by atoms with van der Waals surface area (Å²) < 4.78 is 5.31. The molecule has 2 heterocycles. The molecule has 0 bridgehead atoms. The summed E-state index contributed by atoms with van der Waals surface area (Å²) in [6.45, 7) is 8.41. The molecule has 1 aliphatic heterocycles. The number of carbonyl (C=O) groups excluding carboxylic acids is 1. The fourth-order valence-electron chi connectivity index (χ4n) is 3.08. The van der Waals surface area contributed by atoms with E-state index in [-0.39, 0.29) is 23.7 Å². The van der Waals surface area contributed by atoms with Crippen LogP contribution in [0.5, 0.6) is 0 Å². The molecule has 7 nitrogen and oxygen atoms in total. The molecule has 0 aliphatic carbocycles. The first-order valence-electron chi connectivity index (χ1n) is 7.56. The molecule has 1 unspecified atom stereocenters. The molecule has 0 saturated carbocycles. The van der Waals surface area contributed by atoms with Gasteiger partial charge in [0.15, 0.2) is 5.84 Å². The third kappa shape index (κ3) is 3.08. The molecule has 22 heavy (non-hydrogen) atoms. The van der Waals surface area contributed by atoms with Crippen LogP contribution in [0, 0.1) is 18.8 Å². The predicted molar refractivity (Wildman–Crippen MR) is 81.5 cm³/mol. The van der Waals surface area contributed by atoms with Gasteiger partial charge in [-0.15, -0.1) is 0 Å². The summed E-state index contributed by atoms with van der Waals surface area (Å²) in [6, 6.07) is 1.43. The molecule has 1 aliphatic rings. The van der Waals surface area contributed by atoms with Crippen LogP contribution >= 0.6 is 0 Å². The van der Waals surface area contributed by atoms with Crippen molar-refractivity contribution in [1.82, 2.24) is 10.1 Å². The molecule has 1 aromatic heterocycles. The van der Waals surface area contributed by atoms with Crippen LogP contribution in [0.15, 0.2) is 15.7 Å². The van der Waals surface area contributed by atoms with Gasteiger partial charge in [-0.1, -0.05) is 31.1 Å². The molecule has 122 valence electrons. The second-order valence-electron chi connectivity index (χ2n) is 6.46. The van der Waals surface area contributed by atoms with Crippen LogP contribution in [-0.2, 0) is 4.79 Å². The van der Waals surface area contributed by atoms with Crippen LogP contribution in [-0.4, -0.2) is 39.6 Å². The Morgan fingerprint density at radius 2 is 2.27 bits per heavy atom. The van der Waals surface area contributed by atoms with Crippen molar-refractivity contribution in [2.45, 2.75) is 46.1 Å². The minimum atomic E-state index is -0.416. The first-order chi connectivity index (χ1) is 10.3. The van der Waals surface area contributed by atoms with Crippen molar-refractivity contribution in [3.63, 3.8) is 0 Å². The largest absolute Gasteiger partial charge is 0.409 e. The first kappa shape index (κ1) is 16.3. The van der Waals surface area contributed by atoms with Gasteiger partial charge in [0.2, 0.25) is 5.91 Å². The molecule has 0 spiro atoms. The lowest BCUT2D eigenvalue weighted by molar-refractivity contribution is -0.134. The average Bonchev–Trinajstić information content (AvgIpc) is 3.04. The van der Waals surface area contributed by atoms with Gasteiger partial charge in [0.1, 0.15) is 11.7 Å². The summed E-state index contributed by atoms with van der Waals surface area (Å²) >= 11 is 0. The average molecular weight is 308 g/mol. The normalized spacial score (nSPS) is 24.0. The van der Waals surface area contributed by atoms with E-state index in [4.69, 9.17) is 15.5 Å². The zero-order chi connectivity index (χ0) is 16.4. The quantitative estimate of drug-likeness (QED) is 0.381. The van der Waals surface area contributed by atoms with Gasteiger partial charge in [-0.25, -0.2) is 0 Å². The lowest BCUT2D eigenvalue weighted by Gasteiger charge is -2.28. The fraction of sp³-hybridized carbons (Fsp3) is 0.667. The van der Waals surface area contributed by atoms with E-state index in [2.05, 4.69) is 10.3 Å². The van der Waals surface area contributed by atoms with Crippen molar-refractivity contribution in [3.8, 4) is 0 Å². The van der Waals surface area contributed by atoms with Crippen LogP contribution < -0.4 is 5.73 Å². The van der Waals surface area contributed by atoms with Crippen LogP contribution in [0.25, 0.3) is 0 Å². The Morgan fingerprint density at radius 3 is 2.77 bits per heavy atom. The number of hydrogen-bond donors (Lipinski definition) is 2. The maximum absolute atomic E-state index is 13.0. The molecule has 2 rings (SSSR count). The van der Waals surface area contributed by atoms with Crippen molar-refractivity contribution in [3.05, 3.63) is 17.5 Å². The van der Waals surface area contributed by atoms with Gasteiger partial charge in [0.05, 0.1) is 11.7 Å². The Kier molecular flexibility index (Phi) is 4.73. The summed E-state index contributed by atoms with van der Waals surface area (Å²) in [5, 5.41) is 15.9. The van der Waals surface area contributed by atoms with E-state index in [0.29, 0.717) is 24.6 Å². The summed E-state index contributed by atoms with van der Waals surface area (Å²) in [7, 11) is 0. The molecule has 1 saturated heterocycles. The number of likely N-dealkylation sites (tertiary alicyclic amines) is 1. The lowest BCUT2D eigenvalue weighted by Crippen LogP contribution is -2.46. The van der Waals surface area contributed by atoms with Crippen molar-refractivity contribution in [1.29, 1.82) is 0 Å². The molecule has 7 heteroatoms. The van der Waals surface area contributed by atoms with E-state index in [1.54, 1.807) is 11.0 Å². The highest BCUT2D eigenvalue weighted by atomic mass is 16.5. The second-order valence-corrected chi connectivity index (χ2v) is 6.46. The number of aromatic nitrogens is 1. The third-order valence-electron chi connectivity index (χ3n) is 4.14. The Hall–Kier alpha value is -2.05. The summed E-state index contributed by atoms with van der Waals surface area (Å²) in [5.41, 5.74) is 6.50. The number of amidine groups is 1. The van der Waals surface area contributed by atoms with E-state index in [1.165, 1.54) is 0 Å². The van der Waals surface area contributed by atoms with Gasteiger partial charge in [-0.05, 0) is 25.2 Å². The lowest BCUT2D eigenvalue weighted by atomic mass is 9.91. The van der Waals surface area contributed by atoms with Gasteiger partial charge in [-0.3, -0.25) is 4.79 Å². The zero-order valence-electron chi connectivity index (χ0n) is 13.5. The fourth-order valence-corrected chi connectivity index (χ4v) is 3.08. The summed E-state index contributed by atoms with van der Waals surface area (Å²) in [4.78, 5) is 14.7. The number of nitrogens with zero attached hydrogens (tertiary/aromatic N) is 3. The van der Waals surface area contributed by atoms with Gasteiger partial charge >= 0.3 is 0 Å². The predicted octanol–water partition coefficient (Wildman–Crippen LogP) is 1.71. The Labute approximate surface area is 130 Å². The van der Waals surface area contributed by atoms with E-state index in [1.807, 2.05) is 27.7 Å². The number of carbonyl (C=O) groups is 1. The van der Waals surface area contributed by atoms with Gasteiger partial charge in [0, 0.05) is 12.6 Å². The highest BCUT2D eigenvalue weighted by molar-refractivity contribution is 5.92.